The van der Waals surface area contributed by atoms with Gasteiger partial charge in [0.25, 0.3) is 0 Å². The number of furan rings is 2. The topological polar surface area (TPSA) is 32.8 Å². The fourth-order valence-electron chi connectivity index (χ4n) is 13.5. The van der Waals surface area contributed by atoms with Gasteiger partial charge in [-0.25, -0.2) is 0 Å². The highest BCUT2D eigenvalue weighted by Crippen LogP contribution is 2.56. The first-order valence-electron chi connectivity index (χ1n) is 27.1. The van der Waals surface area contributed by atoms with Gasteiger partial charge in [-0.15, -0.1) is 0 Å². The molecule has 7 aromatic carbocycles. The minimum Gasteiger partial charge on any atom is -0.454 e. The molecule has 368 valence electrons. The van der Waals surface area contributed by atoms with E-state index in [0.717, 1.165) is 75.2 Å². The molecule has 0 spiro atoms. The second-order valence-corrected chi connectivity index (χ2v) is 27.1. The number of para-hydroxylation sites is 1. The molecule has 0 fully saturated rings. The molecule has 9 aromatic rings. The average Bonchev–Trinajstić information content (AvgIpc) is 3.92. The largest absolute Gasteiger partial charge is 0.454 e. The predicted octanol–water partition coefficient (Wildman–Crippen LogP) is 18.0. The van der Waals surface area contributed by atoms with Gasteiger partial charge >= 0.3 is 6.85 Å². The molecule has 0 N–H and O–H groups in total. The van der Waals surface area contributed by atoms with Crippen molar-refractivity contribution in [2.24, 2.45) is 0 Å². The second kappa shape index (κ2) is 15.1. The van der Waals surface area contributed by atoms with E-state index >= 15 is 0 Å². The summed E-state index contributed by atoms with van der Waals surface area (Å²) in [4.78, 5) is 5.22. The molecule has 4 aliphatic rings. The maximum absolute atomic E-state index is 7.81. The monoisotopic (exact) mass is 959 g/mol. The maximum Gasteiger partial charge on any atom is 0.337 e. The van der Waals surface area contributed by atoms with Crippen LogP contribution in [0.4, 0.5) is 28.6 Å². The van der Waals surface area contributed by atoms with E-state index in [9.17, 15) is 0 Å². The lowest BCUT2D eigenvalue weighted by Gasteiger charge is -2.46. The summed E-state index contributed by atoms with van der Waals surface area (Å²) in [5.74, 6) is 0.852. The van der Waals surface area contributed by atoms with Crippen LogP contribution in [0.1, 0.15) is 156 Å². The zero-order valence-corrected chi connectivity index (χ0v) is 45.7. The summed E-state index contributed by atoms with van der Waals surface area (Å²) in [6.45, 7) is 33.3. The molecular weight excluding hydrogens is 888 g/mol. The Hall–Kier alpha value is -6.46. The van der Waals surface area contributed by atoms with Crippen molar-refractivity contribution in [2.45, 2.75) is 155 Å². The number of fused-ring (bicyclic) bond motifs is 12. The lowest BCUT2D eigenvalue weighted by atomic mass is 9.43. The summed E-state index contributed by atoms with van der Waals surface area (Å²) >= 11 is 0. The van der Waals surface area contributed by atoms with E-state index in [4.69, 9.17) is 8.83 Å². The summed E-state index contributed by atoms with van der Waals surface area (Å²) in [5.41, 5.74) is 22.7. The molecule has 0 bridgehead atoms. The highest BCUT2D eigenvalue weighted by atomic mass is 16.4. The lowest BCUT2D eigenvalue weighted by molar-refractivity contribution is 0.332. The van der Waals surface area contributed by atoms with Crippen molar-refractivity contribution in [3.8, 4) is 22.3 Å². The molecule has 0 unspecified atom stereocenters. The van der Waals surface area contributed by atoms with Gasteiger partial charge in [0.2, 0.25) is 5.88 Å². The summed E-state index contributed by atoms with van der Waals surface area (Å²) < 4.78 is 15.1. The van der Waals surface area contributed by atoms with Crippen molar-refractivity contribution in [3.63, 3.8) is 0 Å². The van der Waals surface area contributed by atoms with E-state index in [1.165, 1.54) is 78.6 Å². The highest BCUT2D eigenvalue weighted by Gasteiger charge is 2.51. The average molecular weight is 959 g/mol. The highest BCUT2D eigenvalue weighted by molar-refractivity contribution is 6.95. The van der Waals surface area contributed by atoms with E-state index in [1.807, 2.05) is 0 Å². The molecule has 2 aliphatic heterocycles. The first-order valence-corrected chi connectivity index (χ1v) is 27.1. The molecule has 5 heteroatoms. The Balaban J connectivity index is 1.24. The Bertz CT molecular complexity index is 3790. The molecule has 2 aromatic heterocycles. The van der Waals surface area contributed by atoms with Crippen LogP contribution in [-0.4, -0.2) is 6.85 Å². The van der Waals surface area contributed by atoms with Gasteiger partial charge in [-0.05, 0) is 163 Å². The molecule has 0 radical (unpaired) electrons. The standard InChI is InChI=1S/C68H71BN2O2/c1-63(2,3)41-25-29-54(46(34-41)40-20-16-15-17-21-40)70-60-58-47(37-48-45-22-18-19-23-56(45)72-61(48)60)44-27-24-42(64(4,5)6)35-55(44)71(43-26-28-50-51(36-43)66(9,10)31-30-65(50,7)8)69(58)59-49-38-52-53(39-57(49)73-62(59)70)68(13,14)33-32-67(52,11)12/h15-29,34-39H,30-33H2,1-14H3. The molecule has 2 aliphatic carbocycles. The number of hydrogen-bond acceptors (Lipinski definition) is 4. The maximum atomic E-state index is 7.81. The van der Waals surface area contributed by atoms with Crippen LogP contribution < -0.4 is 20.6 Å². The fraction of sp³-hybridized carbons (Fsp3) is 0.353. The number of benzene rings is 7. The molecule has 0 saturated carbocycles. The molecule has 4 nitrogen and oxygen atoms in total. The SMILES string of the molecule is CC(C)(C)c1ccc(N2c3oc4cc5c(cc4c3B3c4c(cc6c(oc7ccccc76)c42)-c2ccc(C(C)(C)C)cc2N3c2ccc3c(c2)C(C)(C)CCC3(C)C)C(C)(C)CCC5(C)C)c(-c2ccccc2)c1. The fourth-order valence-corrected chi connectivity index (χ4v) is 13.5. The summed E-state index contributed by atoms with van der Waals surface area (Å²) in [5, 5.41) is 3.40. The van der Waals surface area contributed by atoms with E-state index in [1.54, 1.807) is 0 Å². The smallest absolute Gasteiger partial charge is 0.337 e. The number of nitrogens with zero attached hydrogens (tertiary/aromatic N) is 2. The summed E-state index contributed by atoms with van der Waals surface area (Å²) in [6.07, 6.45) is 4.56. The quantitative estimate of drug-likeness (QED) is 0.165. The lowest BCUT2D eigenvalue weighted by Crippen LogP contribution is -2.61. The van der Waals surface area contributed by atoms with Gasteiger partial charge in [0.05, 0.1) is 11.4 Å². The third kappa shape index (κ3) is 6.78. The Labute approximate surface area is 433 Å². The van der Waals surface area contributed by atoms with Crippen molar-refractivity contribution in [1.29, 1.82) is 0 Å². The second-order valence-electron chi connectivity index (χ2n) is 27.1. The Morgan fingerprint density at radius 3 is 1.74 bits per heavy atom. The van der Waals surface area contributed by atoms with Crippen molar-refractivity contribution < 1.29 is 8.83 Å². The van der Waals surface area contributed by atoms with Gasteiger partial charge in [0, 0.05) is 44.1 Å². The first-order chi connectivity index (χ1) is 34.4. The van der Waals surface area contributed by atoms with E-state index in [0.29, 0.717) is 0 Å². The van der Waals surface area contributed by atoms with Crippen LogP contribution in [0.5, 0.6) is 0 Å². The van der Waals surface area contributed by atoms with E-state index in [-0.39, 0.29) is 39.3 Å². The van der Waals surface area contributed by atoms with Crippen LogP contribution in [0.2, 0.25) is 0 Å². The minimum atomic E-state index is -0.276. The van der Waals surface area contributed by atoms with Gasteiger partial charge in [0.15, 0.2) is 5.58 Å². The zero-order chi connectivity index (χ0) is 51.1. The number of hydrogen-bond donors (Lipinski definition) is 0. The molecule has 4 heterocycles. The molecule has 0 saturated heterocycles. The minimum absolute atomic E-state index is 0.00521. The van der Waals surface area contributed by atoms with Gasteiger partial charge in [0.1, 0.15) is 11.2 Å². The normalized spacial score (nSPS) is 18.1. The van der Waals surface area contributed by atoms with Crippen LogP contribution in [0.25, 0.3) is 55.2 Å². The van der Waals surface area contributed by atoms with Crippen LogP contribution in [0.15, 0.2) is 136 Å². The summed E-state index contributed by atoms with van der Waals surface area (Å²) in [6, 6.07) is 49.0. The van der Waals surface area contributed by atoms with Crippen molar-refractivity contribution in [2.75, 3.05) is 9.71 Å². The van der Waals surface area contributed by atoms with Crippen molar-refractivity contribution in [3.05, 3.63) is 161 Å². The Morgan fingerprint density at radius 2 is 1.05 bits per heavy atom. The number of rotatable bonds is 3. The summed E-state index contributed by atoms with van der Waals surface area (Å²) in [7, 11) is 0. The molecular formula is C68H71BN2O2. The third-order valence-electron chi connectivity index (χ3n) is 18.3. The Kier molecular flexibility index (Phi) is 9.58. The van der Waals surface area contributed by atoms with Gasteiger partial charge in [-0.1, -0.05) is 170 Å². The van der Waals surface area contributed by atoms with Crippen molar-refractivity contribution in [1.82, 2.24) is 0 Å². The molecule has 73 heavy (non-hydrogen) atoms. The van der Waals surface area contributed by atoms with Gasteiger partial charge in [-0.2, -0.15) is 0 Å². The molecule has 13 rings (SSSR count). The van der Waals surface area contributed by atoms with Crippen LogP contribution >= 0.6 is 0 Å². The van der Waals surface area contributed by atoms with Gasteiger partial charge in [-0.3, -0.25) is 4.90 Å². The molecule has 0 amide bonds. The van der Waals surface area contributed by atoms with E-state index in [2.05, 4.69) is 234 Å². The van der Waals surface area contributed by atoms with E-state index < -0.39 is 0 Å². The van der Waals surface area contributed by atoms with Crippen molar-refractivity contribution >= 4 is 79.3 Å². The predicted molar refractivity (Wildman–Crippen MR) is 311 cm³/mol. The van der Waals surface area contributed by atoms with Crippen LogP contribution in [-0.2, 0) is 32.5 Å². The zero-order valence-electron chi connectivity index (χ0n) is 45.7. The first kappa shape index (κ1) is 46.3. The molecule has 0 atom stereocenters. The van der Waals surface area contributed by atoms with Gasteiger partial charge < -0.3 is 13.6 Å². The van der Waals surface area contributed by atoms with Crippen LogP contribution in [0.3, 0.4) is 0 Å². The Morgan fingerprint density at radius 1 is 0.452 bits per heavy atom. The third-order valence-corrected chi connectivity index (χ3v) is 18.3. The van der Waals surface area contributed by atoms with Crippen LogP contribution in [0, 0.1) is 0 Å². The number of anilines is 5.